The average molecular weight is 480 g/mol. The second-order valence-electron chi connectivity index (χ2n) is 9.25. The third-order valence-corrected chi connectivity index (χ3v) is 7.34. The Morgan fingerprint density at radius 1 is 0.861 bits per heavy atom. The molecule has 0 aliphatic heterocycles. The standard InChI is InChI=1S/C30H31N2.2C2H6/c1-5-30(32-17-9-8-12-29(32)25-11-7-6-10-22(25)3)23(4)18-24-14-15-26(27(30)19-24)28-16-13-21(2)20-31-28;2*1-2/h6-17,19-20,23H,5,18H2,1-4H3;2*1-2H3/q+1;;. The highest BCUT2D eigenvalue weighted by Crippen LogP contribution is 2.44. The van der Waals surface area contributed by atoms with E-state index in [4.69, 9.17) is 4.98 Å². The maximum atomic E-state index is 4.81. The number of aryl methyl sites for hydroxylation is 2. The summed E-state index contributed by atoms with van der Waals surface area (Å²) in [6.45, 7) is 17.1. The lowest BCUT2D eigenvalue weighted by Gasteiger charge is -2.39. The fourth-order valence-electron chi connectivity index (χ4n) is 5.66. The Hall–Kier alpha value is -3.26. The topological polar surface area (TPSA) is 16.8 Å². The summed E-state index contributed by atoms with van der Waals surface area (Å²) in [7, 11) is 0. The van der Waals surface area contributed by atoms with Crippen LogP contribution in [-0.4, -0.2) is 4.98 Å². The summed E-state index contributed by atoms with van der Waals surface area (Å²) in [4.78, 5) is 4.81. The molecule has 0 radical (unpaired) electrons. The normalized spacial score (nSPS) is 17.8. The van der Waals surface area contributed by atoms with Crippen molar-refractivity contribution in [1.82, 2.24) is 4.98 Å². The number of fused-ring (bicyclic) bond motifs is 2. The molecular weight excluding hydrogens is 436 g/mol. The van der Waals surface area contributed by atoms with Crippen molar-refractivity contribution in [2.45, 2.75) is 73.8 Å². The number of rotatable bonds is 4. The van der Waals surface area contributed by atoms with Gasteiger partial charge in [0.1, 0.15) is 0 Å². The number of benzene rings is 2. The molecular formula is C34H43N2+. The Morgan fingerprint density at radius 3 is 2.25 bits per heavy atom. The number of hydrogen-bond donors (Lipinski definition) is 0. The van der Waals surface area contributed by atoms with E-state index in [0.717, 1.165) is 18.5 Å². The third-order valence-electron chi connectivity index (χ3n) is 7.34. The van der Waals surface area contributed by atoms with Crippen LogP contribution in [0.5, 0.6) is 0 Å². The highest BCUT2D eigenvalue weighted by atomic mass is 15.1. The minimum Gasteiger partial charge on any atom is -0.256 e. The molecule has 1 aliphatic carbocycles. The summed E-state index contributed by atoms with van der Waals surface area (Å²) in [5, 5.41) is 0. The third kappa shape index (κ3) is 4.87. The predicted molar refractivity (Wildman–Crippen MR) is 154 cm³/mol. The maximum absolute atomic E-state index is 4.81. The average Bonchev–Trinajstić information content (AvgIpc) is 2.93. The van der Waals surface area contributed by atoms with E-state index in [0.29, 0.717) is 5.92 Å². The lowest BCUT2D eigenvalue weighted by Crippen LogP contribution is -2.63. The molecule has 0 N–H and O–H groups in total. The van der Waals surface area contributed by atoms with Crippen molar-refractivity contribution in [3.63, 3.8) is 0 Å². The van der Waals surface area contributed by atoms with E-state index < -0.39 is 0 Å². The van der Waals surface area contributed by atoms with Crippen molar-refractivity contribution in [2.24, 2.45) is 5.92 Å². The molecule has 2 heteroatoms. The fourth-order valence-corrected chi connectivity index (χ4v) is 5.66. The van der Waals surface area contributed by atoms with Crippen LogP contribution in [-0.2, 0) is 12.0 Å². The monoisotopic (exact) mass is 479 g/mol. The zero-order valence-electron chi connectivity index (χ0n) is 23.5. The second-order valence-corrected chi connectivity index (χ2v) is 9.25. The molecule has 0 saturated carbocycles. The van der Waals surface area contributed by atoms with Gasteiger partial charge in [0.2, 0.25) is 5.69 Å². The molecule has 2 nitrogen and oxygen atoms in total. The Kier molecular flexibility index (Phi) is 9.20. The van der Waals surface area contributed by atoms with E-state index in [1.165, 1.54) is 39.1 Å². The van der Waals surface area contributed by atoms with Crippen LogP contribution in [0.1, 0.15) is 70.2 Å². The molecule has 36 heavy (non-hydrogen) atoms. The van der Waals surface area contributed by atoms with Crippen molar-refractivity contribution in [3.05, 3.63) is 107 Å². The van der Waals surface area contributed by atoms with Gasteiger partial charge >= 0.3 is 0 Å². The number of nitrogens with zero attached hydrogens (tertiary/aromatic N) is 2. The Bertz CT molecular complexity index is 1270. The van der Waals surface area contributed by atoms with Crippen molar-refractivity contribution in [3.8, 4) is 22.5 Å². The molecule has 1 aliphatic rings. The largest absolute Gasteiger partial charge is 0.256 e. The molecule has 5 rings (SSSR count). The van der Waals surface area contributed by atoms with E-state index in [2.05, 4.69) is 111 Å². The van der Waals surface area contributed by atoms with Gasteiger partial charge in [-0.1, -0.05) is 77.9 Å². The second kappa shape index (κ2) is 12.1. The first-order valence-electron chi connectivity index (χ1n) is 13.7. The first kappa shape index (κ1) is 27.3. The predicted octanol–water partition coefficient (Wildman–Crippen LogP) is 8.72. The van der Waals surface area contributed by atoms with Gasteiger partial charge in [-0.25, -0.2) is 0 Å². The van der Waals surface area contributed by atoms with Crippen LogP contribution in [0.4, 0.5) is 0 Å². The van der Waals surface area contributed by atoms with Gasteiger partial charge < -0.3 is 0 Å². The van der Waals surface area contributed by atoms with Gasteiger partial charge in [0.15, 0.2) is 11.7 Å². The Balaban J connectivity index is 0.000000861. The van der Waals surface area contributed by atoms with Gasteiger partial charge in [0.05, 0.1) is 5.69 Å². The zero-order valence-corrected chi connectivity index (χ0v) is 23.5. The maximum Gasteiger partial charge on any atom is 0.213 e. The zero-order chi connectivity index (χ0) is 26.3. The van der Waals surface area contributed by atoms with Crippen molar-refractivity contribution >= 4 is 0 Å². The summed E-state index contributed by atoms with van der Waals surface area (Å²) < 4.78 is 2.55. The Labute approximate surface area is 219 Å². The van der Waals surface area contributed by atoms with Gasteiger partial charge in [0, 0.05) is 47.4 Å². The molecule has 0 saturated heterocycles. The van der Waals surface area contributed by atoms with E-state index >= 15 is 0 Å². The molecule has 188 valence electrons. The first-order chi connectivity index (χ1) is 17.5. The van der Waals surface area contributed by atoms with E-state index in [1.807, 2.05) is 33.9 Å². The summed E-state index contributed by atoms with van der Waals surface area (Å²) >= 11 is 0. The minimum atomic E-state index is -0.144. The van der Waals surface area contributed by atoms with Gasteiger partial charge in [-0.2, -0.15) is 4.57 Å². The van der Waals surface area contributed by atoms with Crippen LogP contribution >= 0.6 is 0 Å². The summed E-state index contributed by atoms with van der Waals surface area (Å²) in [6.07, 6.45) is 6.36. The molecule has 2 aromatic heterocycles. The van der Waals surface area contributed by atoms with E-state index in [1.54, 1.807) is 0 Å². The Morgan fingerprint density at radius 2 is 1.58 bits per heavy atom. The van der Waals surface area contributed by atoms with Crippen molar-refractivity contribution in [1.29, 1.82) is 0 Å². The van der Waals surface area contributed by atoms with Crippen LogP contribution < -0.4 is 4.57 Å². The summed E-state index contributed by atoms with van der Waals surface area (Å²) in [5.74, 6) is 0.461. The van der Waals surface area contributed by atoms with Crippen molar-refractivity contribution in [2.75, 3.05) is 0 Å². The molecule has 0 amide bonds. The lowest BCUT2D eigenvalue weighted by molar-refractivity contribution is -0.753. The lowest BCUT2D eigenvalue weighted by atomic mass is 9.67. The number of aromatic nitrogens is 2. The molecule has 0 spiro atoms. The van der Waals surface area contributed by atoms with Gasteiger partial charge in [-0.05, 0) is 61.2 Å². The quantitative estimate of drug-likeness (QED) is 0.267. The van der Waals surface area contributed by atoms with Crippen LogP contribution in [0.15, 0.2) is 85.2 Å². The van der Waals surface area contributed by atoms with Gasteiger partial charge in [-0.3, -0.25) is 4.98 Å². The molecule has 2 unspecified atom stereocenters. The highest BCUT2D eigenvalue weighted by Gasteiger charge is 2.50. The van der Waals surface area contributed by atoms with Crippen LogP contribution in [0.3, 0.4) is 0 Å². The molecule has 2 atom stereocenters. The van der Waals surface area contributed by atoms with Gasteiger partial charge in [-0.15, -0.1) is 0 Å². The number of hydrogen-bond acceptors (Lipinski definition) is 1. The van der Waals surface area contributed by atoms with E-state index in [-0.39, 0.29) is 5.54 Å². The molecule has 4 aromatic rings. The molecule has 2 heterocycles. The summed E-state index contributed by atoms with van der Waals surface area (Å²) in [6, 6.07) is 26.7. The smallest absolute Gasteiger partial charge is 0.213 e. The summed E-state index contributed by atoms with van der Waals surface area (Å²) in [5.41, 5.74) is 10.0. The SMILES string of the molecule is CC.CC.CCC1([n+]2ccccc2-c2ccccc2C)c2cc(ccc2-c2ccc(C)cn2)CC1C. The first-order valence-corrected chi connectivity index (χ1v) is 13.7. The van der Waals surface area contributed by atoms with Crippen LogP contribution in [0.25, 0.3) is 22.5 Å². The number of pyridine rings is 2. The molecule has 0 fully saturated rings. The van der Waals surface area contributed by atoms with E-state index in [9.17, 15) is 0 Å². The van der Waals surface area contributed by atoms with Gasteiger partial charge in [0.25, 0.3) is 0 Å². The van der Waals surface area contributed by atoms with Crippen LogP contribution in [0.2, 0.25) is 0 Å². The highest BCUT2D eigenvalue weighted by molar-refractivity contribution is 5.67. The van der Waals surface area contributed by atoms with Crippen LogP contribution in [0, 0.1) is 19.8 Å². The molecule has 2 bridgehead atoms. The fraction of sp³-hybridized carbons (Fsp3) is 0.353. The minimum absolute atomic E-state index is 0.144. The van der Waals surface area contributed by atoms with Crippen molar-refractivity contribution < 1.29 is 4.57 Å². The molecule has 2 aromatic carbocycles.